The number of carbonyl (C=O) groups is 1. The molecule has 1 fully saturated rings. The molecule has 2 aromatic heterocycles. The number of nitrogens with zero attached hydrogens (tertiary/aromatic N) is 4. The molecule has 11 heteroatoms. The van der Waals surface area contributed by atoms with Gasteiger partial charge in [0.1, 0.15) is 10.4 Å². The summed E-state index contributed by atoms with van der Waals surface area (Å²) in [5.41, 5.74) is 0.305. The summed E-state index contributed by atoms with van der Waals surface area (Å²) in [4.78, 5) is 20.7. The normalized spacial score (nSPS) is 20.0. The minimum atomic E-state index is -4.79. The monoisotopic (exact) mass is 319 g/mol. The molecule has 0 aromatic carbocycles. The highest BCUT2D eigenvalue weighted by Gasteiger charge is 2.40. The van der Waals surface area contributed by atoms with Crippen molar-refractivity contribution in [2.24, 2.45) is 0 Å². The van der Waals surface area contributed by atoms with Gasteiger partial charge in [0.15, 0.2) is 5.65 Å². The number of nitrogens with one attached hydrogen (secondary N) is 1. The molecule has 1 saturated heterocycles. The number of hydrogen-bond acceptors (Lipinski definition) is 6. The van der Waals surface area contributed by atoms with Gasteiger partial charge in [0, 0.05) is 13.0 Å². The third-order valence-corrected chi connectivity index (χ3v) is 4.38. The first-order chi connectivity index (χ1) is 9.36. The Kier molecular flexibility index (Phi) is 2.87. The first-order valence-corrected chi connectivity index (χ1v) is 7.29. The Bertz CT molecular complexity index is 807. The number of carbonyl (C=O) groups excluding carboxylic acids is 1. The fourth-order valence-corrected chi connectivity index (χ4v) is 2.85. The zero-order valence-corrected chi connectivity index (χ0v) is 11.3. The number of aromatic amines is 1. The van der Waals surface area contributed by atoms with E-state index in [2.05, 4.69) is 20.2 Å². The quantitative estimate of drug-likeness (QED) is 0.634. The summed E-state index contributed by atoms with van der Waals surface area (Å²) in [6.07, 6.45) is 0.975. The third kappa shape index (κ3) is 2.10. The number of aromatic nitrogens is 4. The molecule has 0 saturated carbocycles. The summed E-state index contributed by atoms with van der Waals surface area (Å²) in [6, 6.07) is 0. The topological polar surface area (TPSA) is 109 Å². The second-order valence-electron chi connectivity index (χ2n) is 4.25. The van der Waals surface area contributed by atoms with E-state index in [0.717, 1.165) is 4.90 Å². The van der Waals surface area contributed by atoms with Crippen LogP contribution in [0.4, 0.5) is 9.83 Å². The highest BCUT2D eigenvalue weighted by molar-refractivity contribution is 7.87. The third-order valence-electron chi connectivity index (χ3n) is 2.98. The Balaban J connectivity index is 2.01. The Hall–Kier alpha value is -1.81. The highest BCUT2D eigenvalue weighted by atomic mass is 35.5. The van der Waals surface area contributed by atoms with E-state index in [1.165, 1.54) is 6.20 Å². The largest absolute Gasteiger partial charge is 0.307 e. The molecule has 8 nitrogen and oxygen atoms in total. The van der Waals surface area contributed by atoms with Crippen LogP contribution in [0, 0.1) is 0 Å². The first kappa shape index (κ1) is 13.2. The molecule has 0 spiro atoms. The molecule has 1 aliphatic heterocycles. The van der Waals surface area contributed by atoms with Crippen LogP contribution in [0.15, 0.2) is 6.20 Å². The molecule has 1 unspecified atom stereocenters. The Morgan fingerprint density at radius 1 is 1.45 bits per heavy atom. The van der Waals surface area contributed by atoms with E-state index < -0.39 is 27.8 Å². The molecule has 2 aromatic rings. The van der Waals surface area contributed by atoms with Gasteiger partial charge in [-0.3, -0.25) is 14.8 Å². The summed E-state index contributed by atoms with van der Waals surface area (Å²) in [5, 5.41) is 5.43. The second-order valence-corrected chi connectivity index (χ2v) is 6.23. The number of rotatable bonds is 2. The molecule has 0 radical (unpaired) electrons. The summed E-state index contributed by atoms with van der Waals surface area (Å²) >= 11 is 5.91. The van der Waals surface area contributed by atoms with E-state index in [0.29, 0.717) is 11.0 Å². The van der Waals surface area contributed by atoms with Crippen molar-refractivity contribution in [1.82, 2.24) is 20.2 Å². The van der Waals surface area contributed by atoms with Crippen molar-refractivity contribution < 1.29 is 17.1 Å². The van der Waals surface area contributed by atoms with Crippen molar-refractivity contribution >= 4 is 44.7 Å². The number of hydrogen-bond donors (Lipinski definition) is 1. The van der Waals surface area contributed by atoms with Crippen molar-refractivity contribution in [1.29, 1.82) is 0 Å². The average molecular weight is 320 g/mol. The Morgan fingerprint density at radius 3 is 2.85 bits per heavy atom. The predicted octanol–water partition coefficient (Wildman–Crippen LogP) is 0.411. The molecule has 3 rings (SSSR count). The van der Waals surface area contributed by atoms with Crippen LogP contribution in [-0.2, 0) is 15.0 Å². The minimum absolute atomic E-state index is 0.0677. The molecule has 20 heavy (non-hydrogen) atoms. The predicted molar refractivity (Wildman–Crippen MR) is 67.5 cm³/mol. The van der Waals surface area contributed by atoms with E-state index in [4.69, 9.17) is 11.6 Å². The van der Waals surface area contributed by atoms with Gasteiger partial charge in [0.2, 0.25) is 11.9 Å². The zero-order valence-electron chi connectivity index (χ0n) is 9.75. The molecule has 0 bridgehead atoms. The fourth-order valence-electron chi connectivity index (χ4n) is 1.97. The van der Waals surface area contributed by atoms with Crippen molar-refractivity contribution in [3.8, 4) is 0 Å². The molecule has 3 heterocycles. The summed E-state index contributed by atoms with van der Waals surface area (Å²) in [6.45, 7) is -0.340. The maximum absolute atomic E-state index is 12.9. The standard InChI is InChI=1S/C9H7ClFN5O3S/c10-7-5-2-12-15-8(5)14-9(13-7)16-3-4(1-6(16)17)20(11,18)19/h2,4H,1,3H2,(H,12,13,14,15). The van der Waals surface area contributed by atoms with E-state index >= 15 is 0 Å². The number of amides is 1. The highest BCUT2D eigenvalue weighted by Crippen LogP contribution is 2.26. The lowest BCUT2D eigenvalue weighted by atomic mass is 10.4. The van der Waals surface area contributed by atoms with Crippen LogP contribution < -0.4 is 4.90 Å². The van der Waals surface area contributed by atoms with Crippen LogP contribution in [0.2, 0.25) is 5.15 Å². The lowest BCUT2D eigenvalue weighted by Gasteiger charge is -2.13. The molecule has 0 aliphatic carbocycles. The van der Waals surface area contributed by atoms with E-state index in [9.17, 15) is 17.1 Å². The maximum atomic E-state index is 12.9. The summed E-state index contributed by atoms with van der Waals surface area (Å²) in [7, 11) is -4.79. The van der Waals surface area contributed by atoms with Gasteiger partial charge < -0.3 is 0 Å². The smallest absolute Gasteiger partial charge is 0.279 e. The number of halogens is 2. The van der Waals surface area contributed by atoms with Gasteiger partial charge in [-0.05, 0) is 0 Å². The molecule has 1 aliphatic rings. The summed E-state index contributed by atoms with van der Waals surface area (Å²) < 4.78 is 34.7. The molecule has 106 valence electrons. The number of H-pyrrole nitrogens is 1. The van der Waals surface area contributed by atoms with Crippen molar-refractivity contribution in [2.75, 3.05) is 11.4 Å². The molecular formula is C9H7ClFN5O3S. The molecule has 1 N–H and O–H groups in total. The van der Waals surface area contributed by atoms with E-state index in [1.54, 1.807) is 0 Å². The number of fused-ring (bicyclic) bond motifs is 1. The van der Waals surface area contributed by atoms with Gasteiger partial charge in [-0.15, -0.1) is 3.89 Å². The minimum Gasteiger partial charge on any atom is -0.279 e. The van der Waals surface area contributed by atoms with Gasteiger partial charge in [0.05, 0.1) is 11.6 Å². The average Bonchev–Trinajstić information content (AvgIpc) is 2.94. The Morgan fingerprint density at radius 2 is 2.20 bits per heavy atom. The van der Waals surface area contributed by atoms with Gasteiger partial charge in [0.25, 0.3) is 0 Å². The van der Waals surface area contributed by atoms with Crippen LogP contribution in [-0.4, -0.2) is 46.3 Å². The fraction of sp³-hybridized carbons (Fsp3) is 0.333. The molecular weight excluding hydrogens is 313 g/mol. The summed E-state index contributed by atoms with van der Waals surface area (Å²) in [5.74, 6) is -0.658. The van der Waals surface area contributed by atoms with Crippen LogP contribution in [0.25, 0.3) is 11.0 Å². The second kappa shape index (κ2) is 4.35. The van der Waals surface area contributed by atoms with Crippen molar-refractivity contribution in [3.05, 3.63) is 11.3 Å². The maximum Gasteiger partial charge on any atom is 0.307 e. The first-order valence-electron chi connectivity index (χ1n) is 5.46. The lowest BCUT2D eigenvalue weighted by molar-refractivity contribution is -0.117. The molecule has 1 amide bonds. The lowest BCUT2D eigenvalue weighted by Crippen LogP contribution is -2.28. The van der Waals surface area contributed by atoms with Crippen molar-refractivity contribution in [2.45, 2.75) is 11.7 Å². The van der Waals surface area contributed by atoms with Gasteiger partial charge in [-0.2, -0.15) is 23.5 Å². The van der Waals surface area contributed by atoms with E-state index in [1.807, 2.05) is 0 Å². The van der Waals surface area contributed by atoms with Gasteiger partial charge in [-0.1, -0.05) is 11.6 Å². The van der Waals surface area contributed by atoms with Crippen LogP contribution in [0.3, 0.4) is 0 Å². The zero-order chi connectivity index (χ0) is 14.5. The number of anilines is 1. The van der Waals surface area contributed by atoms with Gasteiger partial charge >= 0.3 is 10.2 Å². The Labute approximate surface area is 117 Å². The van der Waals surface area contributed by atoms with Crippen molar-refractivity contribution in [3.63, 3.8) is 0 Å². The van der Waals surface area contributed by atoms with E-state index in [-0.39, 0.29) is 17.6 Å². The SMILES string of the molecule is O=C1CC(S(=O)(=O)F)CN1c1nc(Cl)c2cn[nH]c2n1. The van der Waals surface area contributed by atoms with Crippen LogP contribution in [0.5, 0.6) is 0 Å². The van der Waals surface area contributed by atoms with Crippen LogP contribution in [0.1, 0.15) is 6.42 Å². The molecule has 1 atom stereocenters. The van der Waals surface area contributed by atoms with Gasteiger partial charge in [-0.25, -0.2) is 0 Å². The van der Waals surface area contributed by atoms with Crippen LogP contribution >= 0.6 is 11.6 Å².